The Hall–Kier alpha value is -3.32. The van der Waals surface area contributed by atoms with Gasteiger partial charge in [0.25, 0.3) is 0 Å². The molecule has 3 aromatic carbocycles. The Morgan fingerprint density at radius 3 is 1.84 bits per heavy atom. The number of methoxy groups -OCH3 is 2. The average molecular weight is 503 g/mol. The van der Waals surface area contributed by atoms with E-state index in [-0.39, 0.29) is 19.3 Å². The standard InChI is InChI=1S/C31H38N2O4/c1-23(33-19-17-24(21-34)18-20-33)30(32)22-37-31(25-7-5-4-6-8-25,26-9-13-28(35-2)14-10-26)27-11-15-29(36-3)16-12-27/h4-16,24,30,34H,1,17-22,32H2,2-3H3. The Balaban J connectivity index is 1.70. The number of aliphatic hydroxyl groups excluding tert-OH is 1. The lowest BCUT2D eigenvalue weighted by atomic mass is 9.80. The lowest BCUT2D eigenvalue weighted by Gasteiger charge is -2.39. The smallest absolute Gasteiger partial charge is 0.143 e. The van der Waals surface area contributed by atoms with Crippen LogP contribution in [0.2, 0.25) is 0 Å². The second-order valence-corrected chi connectivity index (χ2v) is 9.53. The van der Waals surface area contributed by atoms with Crippen LogP contribution in [0.15, 0.2) is 91.1 Å². The molecule has 1 heterocycles. The van der Waals surface area contributed by atoms with Crippen molar-refractivity contribution in [3.63, 3.8) is 0 Å². The van der Waals surface area contributed by atoms with E-state index in [4.69, 9.17) is 19.9 Å². The average Bonchev–Trinajstić information content (AvgIpc) is 2.98. The molecule has 37 heavy (non-hydrogen) atoms. The highest BCUT2D eigenvalue weighted by atomic mass is 16.5. The van der Waals surface area contributed by atoms with Crippen LogP contribution in [-0.2, 0) is 10.3 Å². The van der Waals surface area contributed by atoms with E-state index < -0.39 is 5.60 Å². The fourth-order valence-electron chi connectivity index (χ4n) is 5.02. The van der Waals surface area contributed by atoms with E-state index in [1.165, 1.54) is 0 Å². The third-order valence-corrected chi connectivity index (χ3v) is 7.36. The summed E-state index contributed by atoms with van der Waals surface area (Å²) in [5.41, 5.74) is 9.56. The molecule has 0 radical (unpaired) electrons. The van der Waals surface area contributed by atoms with Gasteiger partial charge in [-0.3, -0.25) is 0 Å². The van der Waals surface area contributed by atoms with Gasteiger partial charge < -0.3 is 30.0 Å². The number of benzene rings is 3. The Kier molecular flexibility index (Phi) is 8.87. The maximum atomic E-state index is 9.49. The molecular weight excluding hydrogens is 464 g/mol. The molecule has 1 aliphatic rings. The summed E-state index contributed by atoms with van der Waals surface area (Å²) in [5.74, 6) is 1.90. The molecule has 3 aromatic rings. The number of rotatable bonds is 11. The fourth-order valence-corrected chi connectivity index (χ4v) is 5.02. The van der Waals surface area contributed by atoms with Gasteiger partial charge in [0, 0.05) is 25.4 Å². The van der Waals surface area contributed by atoms with E-state index in [2.05, 4.69) is 23.6 Å². The zero-order chi connectivity index (χ0) is 26.3. The fraction of sp³-hybridized carbons (Fsp3) is 0.355. The van der Waals surface area contributed by atoms with Crippen LogP contribution in [0.1, 0.15) is 29.5 Å². The summed E-state index contributed by atoms with van der Waals surface area (Å²) in [7, 11) is 3.32. The van der Waals surface area contributed by atoms with Gasteiger partial charge in [0.1, 0.15) is 17.1 Å². The molecule has 1 atom stereocenters. The molecule has 1 saturated heterocycles. The molecule has 6 heteroatoms. The van der Waals surface area contributed by atoms with Gasteiger partial charge >= 0.3 is 0 Å². The molecular formula is C31H38N2O4. The Morgan fingerprint density at radius 2 is 1.38 bits per heavy atom. The first kappa shape index (κ1) is 26.7. The second kappa shape index (κ2) is 12.3. The highest BCUT2D eigenvalue weighted by Gasteiger charge is 2.38. The minimum atomic E-state index is -0.915. The number of nitrogens with zero attached hydrogens (tertiary/aromatic N) is 1. The van der Waals surface area contributed by atoms with Crippen LogP contribution < -0.4 is 15.2 Å². The predicted octanol–water partition coefficient (Wildman–Crippen LogP) is 4.56. The summed E-state index contributed by atoms with van der Waals surface area (Å²) in [4.78, 5) is 2.23. The number of nitrogens with two attached hydrogens (primary N) is 1. The van der Waals surface area contributed by atoms with Crippen molar-refractivity contribution in [1.29, 1.82) is 0 Å². The molecule has 196 valence electrons. The molecule has 0 saturated carbocycles. The van der Waals surface area contributed by atoms with Gasteiger partial charge in [-0.1, -0.05) is 61.2 Å². The zero-order valence-electron chi connectivity index (χ0n) is 21.8. The Morgan fingerprint density at radius 1 is 0.892 bits per heavy atom. The SMILES string of the molecule is C=C(C(N)COC(c1ccccc1)(c1ccc(OC)cc1)c1ccc(OC)cc1)N1CCC(CO)CC1. The van der Waals surface area contributed by atoms with Gasteiger partial charge in [-0.05, 0) is 59.7 Å². The lowest BCUT2D eigenvalue weighted by molar-refractivity contribution is 0.00525. The molecule has 0 bridgehead atoms. The zero-order valence-corrected chi connectivity index (χ0v) is 21.8. The van der Waals surface area contributed by atoms with E-state index in [9.17, 15) is 5.11 Å². The van der Waals surface area contributed by atoms with Crippen molar-refractivity contribution >= 4 is 0 Å². The minimum absolute atomic E-state index is 0.235. The summed E-state index contributed by atoms with van der Waals surface area (Å²) >= 11 is 0. The van der Waals surface area contributed by atoms with Crippen molar-refractivity contribution in [3.05, 3.63) is 108 Å². The summed E-state index contributed by atoms with van der Waals surface area (Å²) in [6.07, 6.45) is 1.88. The number of ether oxygens (including phenoxy) is 3. The maximum Gasteiger partial charge on any atom is 0.143 e. The van der Waals surface area contributed by atoms with Crippen molar-refractivity contribution in [2.45, 2.75) is 24.5 Å². The molecule has 1 fully saturated rings. The number of piperidine rings is 1. The van der Waals surface area contributed by atoms with Crippen LogP contribution in [0, 0.1) is 5.92 Å². The summed E-state index contributed by atoms with van der Waals surface area (Å²) < 4.78 is 17.8. The van der Waals surface area contributed by atoms with Gasteiger partial charge in [0.05, 0.1) is 26.9 Å². The highest BCUT2D eigenvalue weighted by molar-refractivity contribution is 5.49. The normalized spacial score (nSPS) is 15.3. The number of hydrogen-bond acceptors (Lipinski definition) is 6. The van der Waals surface area contributed by atoms with Crippen LogP contribution in [-0.4, -0.2) is 56.6 Å². The van der Waals surface area contributed by atoms with Gasteiger partial charge in [-0.2, -0.15) is 0 Å². The van der Waals surface area contributed by atoms with Gasteiger partial charge in [-0.25, -0.2) is 0 Å². The van der Waals surface area contributed by atoms with Crippen LogP contribution >= 0.6 is 0 Å². The van der Waals surface area contributed by atoms with Crippen molar-refractivity contribution < 1.29 is 19.3 Å². The topological polar surface area (TPSA) is 77.2 Å². The summed E-state index contributed by atoms with van der Waals surface area (Å²) in [6, 6.07) is 25.8. The monoisotopic (exact) mass is 502 g/mol. The quantitative estimate of drug-likeness (QED) is 0.375. The van der Waals surface area contributed by atoms with Crippen LogP contribution in [0.5, 0.6) is 11.5 Å². The van der Waals surface area contributed by atoms with Crippen molar-refractivity contribution in [2.24, 2.45) is 11.7 Å². The van der Waals surface area contributed by atoms with Crippen molar-refractivity contribution in [3.8, 4) is 11.5 Å². The predicted molar refractivity (Wildman–Crippen MR) is 147 cm³/mol. The second-order valence-electron chi connectivity index (χ2n) is 9.53. The van der Waals surface area contributed by atoms with Gasteiger partial charge in [0.2, 0.25) is 0 Å². The van der Waals surface area contributed by atoms with Crippen molar-refractivity contribution in [1.82, 2.24) is 4.90 Å². The van der Waals surface area contributed by atoms with Crippen LogP contribution in [0.25, 0.3) is 0 Å². The number of hydrogen-bond donors (Lipinski definition) is 2. The molecule has 6 nitrogen and oxygen atoms in total. The molecule has 1 unspecified atom stereocenters. The molecule has 0 spiro atoms. The van der Waals surface area contributed by atoms with E-state index in [1.54, 1.807) is 14.2 Å². The largest absolute Gasteiger partial charge is 0.497 e. The van der Waals surface area contributed by atoms with Crippen LogP contribution in [0.3, 0.4) is 0 Å². The molecule has 3 N–H and O–H groups in total. The molecule has 0 amide bonds. The van der Waals surface area contributed by atoms with Crippen LogP contribution in [0.4, 0.5) is 0 Å². The van der Waals surface area contributed by atoms with Gasteiger partial charge in [-0.15, -0.1) is 0 Å². The van der Waals surface area contributed by atoms with E-state index in [0.717, 1.165) is 59.8 Å². The Bertz CT molecular complexity index is 1080. The molecule has 0 aliphatic carbocycles. The van der Waals surface area contributed by atoms with Crippen molar-refractivity contribution in [2.75, 3.05) is 40.5 Å². The minimum Gasteiger partial charge on any atom is -0.497 e. The number of likely N-dealkylation sites (tertiary alicyclic amines) is 1. The van der Waals surface area contributed by atoms with E-state index >= 15 is 0 Å². The lowest BCUT2D eigenvalue weighted by Crippen LogP contribution is -2.44. The summed E-state index contributed by atoms with van der Waals surface area (Å²) in [6.45, 7) is 6.51. The molecule has 1 aliphatic heterocycles. The first-order chi connectivity index (χ1) is 18.0. The third kappa shape index (κ3) is 5.82. The maximum absolute atomic E-state index is 9.49. The third-order valence-electron chi connectivity index (χ3n) is 7.36. The highest BCUT2D eigenvalue weighted by Crippen LogP contribution is 2.42. The van der Waals surface area contributed by atoms with Gasteiger partial charge in [0.15, 0.2) is 0 Å². The first-order valence-electron chi connectivity index (χ1n) is 12.8. The van der Waals surface area contributed by atoms with E-state index in [0.29, 0.717) is 5.92 Å². The number of aliphatic hydroxyl groups is 1. The summed E-state index contributed by atoms with van der Waals surface area (Å²) in [5, 5.41) is 9.49. The Labute approximate surface area is 220 Å². The molecule has 4 rings (SSSR count). The van der Waals surface area contributed by atoms with E-state index in [1.807, 2.05) is 66.7 Å². The first-order valence-corrected chi connectivity index (χ1v) is 12.8. The molecule has 0 aromatic heterocycles.